The molecule has 70 valence electrons. The number of carbonyl (C=O) groups is 1. The predicted molar refractivity (Wildman–Crippen MR) is 38.1 cm³/mol. The van der Waals surface area contributed by atoms with Crippen molar-refractivity contribution >= 4 is 5.97 Å². The molecule has 0 spiro atoms. The monoisotopic (exact) mass is 176 g/mol. The van der Waals surface area contributed by atoms with Crippen molar-refractivity contribution < 1.29 is 24.1 Å². The lowest BCUT2D eigenvalue weighted by Crippen LogP contribution is -2.35. The predicted octanol–water partition coefficient (Wildman–Crippen LogP) is -0.369. The summed E-state index contributed by atoms with van der Waals surface area (Å²) in [5, 5.41) is 8.72. The maximum atomic E-state index is 10.5. The zero-order valence-corrected chi connectivity index (χ0v) is 6.86. The molecule has 0 aromatic heterocycles. The quantitative estimate of drug-likeness (QED) is 0.581. The normalized spacial score (nSPS) is 29.8. The third-order valence-corrected chi connectivity index (χ3v) is 1.51. The van der Waals surface area contributed by atoms with Crippen LogP contribution in [0.15, 0.2) is 0 Å². The smallest absolute Gasteiger partial charge is 0.304 e. The van der Waals surface area contributed by atoms with Crippen LogP contribution in [0.1, 0.15) is 13.3 Å². The van der Waals surface area contributed by atoms with Crippen LogP contribution in [0.25, 0.3) is 0 Å². The highest BCUT2D eigenvalue weighted by molar-refractivity contribution is 5.66. The van der Waals surface area contributed by atoms with Gasteiger partial charge in [-0.05, 0) is 0 Å². The van der Waals surface area contributed by atoms with Gasteiger partial charge in [-0.15, -0.1) is 0 Å². The van der Waals surface area contributed by atoms with Crippen molar-refractivity contribution in [1.29, 1.82) is 0 Å². The summed E-state index contributed by atoms with van der Waals surface area (Å²) >= 11 is 0. The highest BCUT2D eigenvalue weighted by atomic mass is 16.8. The fourth-order valence-corrected chi connectivity index (χ4v) is 0.957. The van der Waals surface area contributed by atoms with E-state index in [1.165, 1.54) is 6.92 Å². The molecule has 0 bridgehead atoms. The number of carbonyl (C=O) groups excluding carboxylic acids is 1. The Bertz CT molecular complexity index is 158. The summed E-state index contributed by atoms with van der Waals surface area (Å²) in [5.41, 5.74) is 0. The van der Waals surface area contributed by atoms with Crippen molar-refractivity contribution in [3.8, 4) is 0 Å². The van der Waals surface area contributed by atoms with Crippen molar-refractivity contribution in [3.05, 3.63) is 0 Å². The maximum Gasteiger partial charge on any atom is 0.304 e. The largest absolute Gasteiger partial charge is 0.436 e. The van der Waals surface area contributed by atoms with E-state index in [2.05, 4.69) is 0 Å². The average molecular weight is 176 g/mol. The highest BCUT2D eigenvalue weighted by Crippen LogP contribution is 2.13. The van der Waals surface area contributed by atoms with Crippen LogP contribution in [-0.2, 0) is 19.0 Å². The van der Waals surface area contributed by atoms with Gasteiger partial charge in [0.25, 0.3) is 0 Å². The van der Waals surface area contributed by atoms with E-state index in [-0.39, 0.29) is 19.5 Å². The lowest BCUT2D eigenvalue weighted by atomic mass is 10.2. The van der Waals surface area contributed by atoms with Gasteiger partial charge in [0, 0.05) is 13.3 Å². The molecule has 1 rings (SSSR count). The van der Waals surface area contributed by atoms with E-state index in [1.807, 2.05) is 0 Å². The molecule has 0 aromatic rings. The van der Waals surface area contributed by atoms with Crippen LogP contribution in [0.4, 0.5) is 0 Å². The Balaban J connectivity index is 2.30. The maximum absolute atomic E-state index is 10.5. The summed E-state index contributed by atoms with van der Waals surface area (Å²) in [6, 6.07) is 0. The zero-order chi connectivity index (χ0) is 8.97. The molecule has 0 amide bonds. The molecular weight excluding hydrogens is 164 g/mol. The third kappa shape index (κ3) is 2.77. The van der Waals surface area contributed by atoms with E-state index >= 15 is 0 Å². The molecule has 0 radical (unpaired) electrons. The third-order valence-electron chi connectivity index (χ3n) is 1.51. The summed E-state index contributed by atoms with van der Waals surface area (Å²) in [7, 11) is 0. The molecule has 1 aliphatic heterocycles. The number of aliphatic hydroxyl groups is 1. The molecular formula is C7H12O5. The minimum Gasteiger partial charge on any atom is -0.436 e. The topological polar surface area (TPSA) is 65.0 Å². The van der Waals surface area contributed by atoms with Crippen molar-refractivity contribution in [1.82, 2.24) is 0 Å². The van der Waals surface area contributed by atoms with E-state index < -0.39 is 12.3 Å². The summed E-state index contributed by atoms with van der Waals surface area (Å²) in [6.07, 6.45) is -0.479. The van der Waals surface area contributed by atoms with E-state index in [9.17, 15) is 4.79 Å². The fourth-order valence-electron chi connectivity index (χ4n) is 0.957. The molecule has 1 fully saturated rings. The van der Waals surface area contributed by atoms with Gasteiger partial charge in [0.1, 0.15) is 0 Å². The first-order valence-corrected chi connectivity index (χ1v) is 3.73. The number of rotatable bonds is 2. The number of aliphatic hydroxyl groups excluding tert-OH is 1. The molecule has 0 aliphatic carbocycles. The van der Waals surface area contributed by atoms with Crippen LogP contribution in [0.3, 0.4) is 0 Å². The first-order valence-electron chi connectivity index (χ1n) is 3.73. The summed E-state index contributed by atoms with van der Waals surface area (Å²) in [6.45, 7) is 1.29. The van der Waals surface area contributed by atoms with E-state index in [0.717, 1.165) is 0 Å². The van der Waals surface area contributed by atoms with Crippen LogP contribution < -0.4 is 0 Å². The molecule has 5 nitrogen and oxygen atoms in total. The SMILES string of the molecule is CC(=O)OC1CC(CO)OCO1. The summed E-state index contributed by atoms with van der Waals surface area (Å²) in [4.78, 5) is 10.5. The molecule has 2 unspecified atom stereocenters. The Hall–Kier alpha value is -0.650. The van der Waals surface area contributed by atoms with Crippen molar-refractivity contribution in [3.63, 3.8) is 0 Å². The highest BCUT2D eigenvalue weighted by Gasteiger charge is 2.24. The standard InChI is InChI=1S/C7H12O5/c1-5(9)12-7-2-6(3-8)10-4-11-7/h6-8H,2-4H2,1H3. The lowest BCUT2D eigenvalue weighted by Gasteiger charge is -2.27. The lowest BCUT2D eigenvalue weighted by molar-refractivity contribution is -0.255. The zero-order valence-electron chi connectivity index (χ0n) is 6.86. The number of hydrogen-bond donors (Lipinski definition) is 1. The molecule has 2 atom stereocenters. The number of hydrogen-bond acceptors (Lipinski definition) is 5. The van der Waals surface area contributed by atoms with Gasteiger partial charge in [-0.3, -0.25) is 4.79 Å². The second-order valence-electron chi connectivity index (χ2n) is 2.53. The van der Waals surface area contributed by atoms with Crippen LogP contribution >= 0.6 is 0 Å². The van der Waals surface area contributed by atoms with Crippen molar-refractivity contribution in [2.75, 3.05) is 13.4 Å². The molecule has 1 heterocycles. The van der Waals surface area contributed by atoms with Crippen LogP contribution in [-0.4, -0.2) is 36.9 Å². The van der Waals surface area contributed by atoms with Crippen LogP contribution in [0.2, 0.25) is 0 Å². The minimum absolute atomic E-state index is 0.0587. The van der Waals surface area contributed by atoms with Crippen molar-refractivity contribution in [2.24, 2.45) is 0 Å². The Labute approximate surface area is 70.2 Å². The Kier molecular flexibility index (Phi) is 3.46. The minimum atomic E-state index is -0.576. The first-order chi connectivity index (χ1) is 5.72. The Morgan fingerprint density at radius 3 is 3.00 bits per heavy atom. The molecule has 5 heteroatoms. The summed E-state index contributed by atoms with van der Waals surface area (Å²) < 4.78 is 14.7. The summed E-state index contributed by atoms with van der Waals surface area (Å²) in [5.74, 6) is -0.390. The van der Waals surface area contributed by atoms with Gasteiger partial charge >= 0.3 is 5.97 Å². The van der Waals surface area contributed by atoms with Gasteiger partial charge < -0.3 is 19.3 Å². The molecule has 0 saturated carbocycles. The molecule has 1 aliphatic rings. The van der Waals surface area contributed by atoms with Gasteiger partial charge in [-0.1, -0.05) is 0 Å². The van der Waals surface area contributed by atoms with Gasteiger partial charge in [0.2, 0.25) is 6.29 Å². The molecule has 1 N–H and O–H groups in total. The van der Waals surface area contributed by atoms with Crippen molar-refractivity contribution in [2.45, 2.75) is 25.7 Å². The number of esters is 1. The van der Waals surface area contributed by atoms with E-state index in [0.29, 0.717) is 6.42 Å². The van der Waals surface area contributed by atoms with E-state index in [1.54, 1.807) is 0 Å². The molecule has 0 aromatic carbocycles. The first kappa shape index (κ1) is 9.44. The van der Waals surface area contributed by atoms with Crippen LogP contribution in [0, 0.1) is 0 Å². The molecule has 12 heavy (non-hydrogen) atoms. The number of ether oxygens (including phenoxy) is 3. The second kappa shape index (κ2) is 4.39. The van der Waals surface area contributed by atoms with E-state index in [4.69, 9.17) is 19.3 Å². The molecule has 1 saturated heterocycles. The van der Waals surface area contributed by atoms with Gasteiger partial charge in [-0.25, -0.2) is 0 Å². The Morgan fingerprint density at radius 2 is 2.42 bits per heavy atom. The van der Waals surface area contributed by atoms with Crippen LogP contribution in [0.5, 0.6) is 0 Å². The van der Waals surface area contributed by atoms with Gasteiger partial charge in [0.05, 0.1) is 12.7 Å². The van der Waals surface area contributed by atoms with Gasteiger partial charge in [-0.2, -0.15) is 0 Å². The second-order valence-corrected chi connectivity index (χ2v) is 2.53. The fraction of sp³-hybridized carbons (Fsp3) is 0.857. The average Bonchev–Trinajstić information content (AvgIpc) is 2.03. The Morgan fingerprint density at radius 1 is 1.67 bits per heavy atom. The van der Waals surface area contributed by atoms with Gasteiger partial charge in [0.15, 0.2) is 6.79 Å².